The number of hydrogen-bond acceptors (Lipinski definition) is 4. The molecular formula is C15H10O4. The van der Waals surface area contributed by atoms with Crippen molar-refractivity contribution >= 4 is 11.9 Å². The predicted octanol–water partition coefficient (Wildman–Crippen LogP) is 2.70. The van der Waals surface area contributed by atoms with E-state index in [9.17, 15) is 9.59 Å². The van der Waals surface area contributed by atoms with Crippen molar-refractivity contribution in [2.24, 2.45) is 0 Å². The largest absolute Gasteiger partial charge is 0.386 e. The second-order valence-electron chi connectivity index (χ2n) is 3.47. The maximum atomic E-state index is 11.5. The van der Waals surface area contributed by atoms with Crippen molar-refractivity contribution in [3.05, 3.63) is 79.2 Å². The first-order valence-electron chi connectivity index (χ1n) is 5.30. The Labute approximate surface area is 111 Å². The number of carbonyl (C=O) groups is 2. The molecule has 19 heavy (non-hydrogen) atoms. The van der Waals surface area contributed by atoms with E-state index in [-0.39, 0.29) is 7.43 Å². The number of carbonyl (C=O) groups excluding carboxylic acids is 2. The van der Waals surface area contributed by atoms with Gasteiger partial charge in [-0.2, -0.15) is 0 Å². The molecule has 0 aromatic heterocycles. The highest BCUT2D eigenvalue weighted by molar-refractivity contribution is 5.92. The average molecular weight is 254 g/mol. The fraction of sp³-hybridized carbons (Fsp3) is 0. The molecule has 0 aliphatic rings. The van der Waals surface area contributed by atoms with Gasteiger partial charge in [-0.3, -0.25) is 0 Å². The van der Waals surface area contributed by atoms with E-state index in [2.05, 4.69) is 9.78 Å². The van der Waals surface area contributed by atoms with E-state index in [0.717, 1.165) is 0 Å². The molecule has 4 heteroatoms. The average Bonchev–Trinajstić information content (AvgIpc) is 2.46. The summed E-state index contributed by atoms with van der Waals surface area (Å²) in [6.07, 6.45) is 0. The van der Waals surface area contributed by atoms with Gasteiger partial charge in [0.05, 0.1) is 11.1 Å². The summed E-state index contributed by atoms with van der Waals surface area (Å²) in [5.41, 5.74) is 0.636. The third-order valence-corrected chi connectivity index (χ3v) is 2.21. The van der Waals surface area contributed by atoms with Crippen LogP contribution in [0.1, 0.15) is 20.7 Å². The Kier molecular flexibility index (Phi) is 5.29. The van der Waals surface area contributed by atoms with E-state index in [1.807, 2.05) is 0 Å². The van der Waals surface area contributed by atoms with Crippen LogP contribution in [0.4, 0.5) is 0 Å². The summed E-state index contributed by atoms with van der Waals surface area (Å²) in [6, 6.07) is 16.6. The van der Waals surface area contributed by atoms with Crippen LogP contribution in [0.25, 0.3) is 0 Å². The normalized spacial score (nSPS) is 9.05. The van der Waals surface area contributed by atoms with Crippen LogP contribution in [0, 0.1) is 7.43 Å². The standard InChI is InChI=1S/C14H10O4.C/c15-13(11-7-3-1-4-8-11)17-18-14(16)12-9-5-2-6-10-12;/h1-10H;. The van der Waals surface area contributed by atoms with Gasteiger partial charge >= 0.3 is 11.9 Å². The molecule has 0 N–H and O–H groups in total. The summed E-state index contributed by atoms with van der Waals surface area (Å²) in [6.45, 7) is 0. The molecule has 2 aromatic rings. The zero-order valence-electron chi connectivity index (χ0n) is 9.91. The molecule has 0 amide bonds. The Bertz CT molecular complexity index is 483. The molecule has 4 radical (unpaired) electrons. The molecule has 4 nitrogen and oxygen atoms in total. The minimum Gasteiger partial charge on any atom is -0.242 e. The molecule has 0 unspecified atom stereocenters. The Morgan fingerprint density at radius 1 is 0.632 bits per heavy atom. The van der Waals surface area contributed by atoms with Gasteiger partial charge in [0.15, 0.2) is 0 Å². The molecular weight excluding hydrogens is 244 g/mol. The third-order valence-electron chi connectivity index (χ3n) is 2.21. The highest BCUT2D eigenvalue weighted by Crippen LogP contribution is 2.05. The number of hydrogen-bond donors (Lipinski definition) is 0. The molecule has 0 aliphatic heterocycles. The molecule has 0 heterocycles. The lowest BCUT2D eigenvalue weighted by Gasteiger charge is -2.02. The summed E-state index contributed by atoms with van der Waals surface area (Å²) >= 11 is 0. The monoisotopic (exact) mass is 254 g/mol. The van der Waals surface area contributed by atoms with Gasteiger partial charge in [-0.15, -0.1) is 0 Å². The van der Waals surface area contributed by atoms with Gasteiger partial charge in [0.25, 0.3) is 0 Å². The lowest BCUT2D eigenvalue weighted by atomic mass is 10.2. The zero-order valence-corrected chi connectivity index (χ0v) is 9.91. The molecule has 0 saturated heterocycles. The molecule has 0 spiro atoms. The Balaban J connectivity index is 0.00000180. The minimum atomic E-state index is -0.708. The predicted molar refractivity (Wildman–Crippen MR) is 67.0 cm³/mol. The van der Waals surface area contributed by atoms with Crippen molar-refractivity contribution in [2.45, 2.75) is 0 Å². The topological polar surface area (TPSA) is 52.6 Å². The van der Waals surface area contributed by atoms with Crippen LogP contribution in [0.15, 0.2) is 60.7 Å². The highest BCUT2D eigenvalue weighted by atomic mass is 17.2. The van der Waals surface area contributed by atoms with Crippen LogP contribution in [-0.4, -0.2) is 11.9 Å². The second-order valence-corrected chi connectivity index (χ2v) is 3.47. The van der Waals surface area contributed by atoms with Crippen molar-refractivity contribution in [3.8, 4) is 0 Å². The summed E-state index contributed by atoms with van der Waals surface area (Å²) in [7, 11) is 0. The van der Waals surface area contributed by atoms with Gasteiger partial charge in [0.1, 0.15) is 0 Å². The summed E-state index contributed by atoms with van der Waals surface area (Å²) in [4.78, 5) is 31.9. The molecule has 0 saturated carbocycles. The molecule has 0 atom stereocenters. The van der Waals surface area contributed by atoms with E-state index in [0.29, 0.717) is 11.1 Å². The van der Waals surface area contributed by atoms with Gasteiger partial charge < -0.3 is 0 Å². The minimum absolute atomic E-state index is 0. The maximum absolute atomic E-state index is 11.5. The van der Waals surface area contributed by atoms with E-state index >= 15 is 0 Å². The Hall–Kier alpha value is -2.62. The molecule has 0 bridgehead atoms. The van der Waals surface area contributed by atoms with Crippen LogP contribution < -0.4 is 0 Å². The van der Waals surface area contributed by atoms with Crippen molar-refractivity contribution < 1.29 is 19.4 Å². The first kappa shape index (κ1) is 14.4. The number of benzene rings is 2. The molecule has 2 aromatic carbocycles. The van der Waals surface area contributed by atoms with Crippen molar-refractivity contribution in [2.75, 3.05) is 0 Å². The highest BCUT2D eigenvalue weighted by Gasteiger charge is 2.12. The van der Waals surface area contributed by atoms with E-state index in [4.69, 9.17) is 0 Å². The van der Waals surface area contributed by atoms with Crippen molar-refractivity contribution in [1.82, 2.24) is 0 Å². The molecule has 0 fully saturated rings. The molecule has 0 aliphatic carbocycles. The van der Waals surface area contributed by atoms with Gasteiger partial charge in [-0.25, -0.2) is 19.4 Å². The SMILES string of the molecule is O=C(OOC(=O)c1ccccc1)c1ccccc1.[C]. The van der Waals surface area contributed by atoms with Crippen LogP contribution in [0.5, 0.6) is 0 Å². The van der Waals surface area contributed by atoms with Crippen molar-refractivity contribution in [3.63, 3.8) is 0 Å². The van der Waals surface area contributed by atoms with E-state index in [1.165, 1.54) is 0 Å². The Morgan fingerprint density at radius 3 is 1.26 bits per heavy atom. The smallest absolute Gasteiger partial charge is 0.242 e. The first-order valence-corrected chi connectivity index (χ1v) is 5.30. The van der Waals surface area contributed by atoms with Crippen LogP contribution in [0.3, 0.4) is 0 Å². The zero-order chi connectivity index (χ0) is 12.8. The van der Waals surface area contributed by atoms with Gasteiger partial charge in [-0.1, -0.05) is 36.4 Å². The number of rotatable bonds is 2. The molecule has 94 valence electrons. The summed E-state index contributed by atoms with van der Waals surface area (Å²) in [5, 5.41) is 0. The van der Waals surface area contributed by atoms with E-state index < -0.39 is 11.9 Å². The quantitative estimate of drug-likeness (QED) is 0.610. The van der Waals surface area contributed by atoms with Gasteiger partial charge in [-0.05, 0) is 24.3 Å². The van der Waals surface area contributed by atoms with Crippen molar-refractivity contribution in [1.29, 1.82) is 0 Å². The summed E-state index contributed by atoms with van der Waals surface area (Å²) in [5.74, 6) is -1.42. The van der Waals surface area contributed by atoms with Crippen LogP contribution in [0.2, 0.25) is 0 Å². The fourth-order valence-electron chi connectivity index (χ4n) is 1.32. The Morgan fingerprint density at radius 2 is 0.947 bits per heavy atom. The second kappa shape index (κ2) is 6.96. The maximum Gasteiger partial charge on any atom is 0.386 e. The van der Waals surface area contributed by atoms with Gasteiger partial charge in [0, 0.05) is 7.43 Å². The third kappa shape index (κ3) is 3.96. The van der Waals surface area contributed by atoms with Crippen LogP contribution in [-0.2, 0) is 9.78 Å². The summed E-state index contributed by atoms with van der Waals surface area (Å²) < 4.78 is 0. The van der Waals surface area contributed by atoms with E-state index in [1.54, 1.807) is 60.7 Å². The van der Waals surface area contributed by atoms with Crippen LogP contribution >= 0.6 is 0 Å². The lowest BCUT2D eigenvalue weighted by Crippen LogP contribution is -2.11. The van der Waals surface area contributed by atoms with Gasteiger partial charge in [0.2, 0.25) is 0 Å². The lowest BCUT2D eigenvalue weighted by molar-refractivity contribution is -0.187. The molecule has 2 rings (SSSR count). The fourth-order valence-corrected chi connectivity index (χ4v) is 1.32. The first-order chi connectivity index (χ1) is 8.77.